The zero-order valence-corrected chi connectivity index (χ0v) is 8.00. The number of nitrogens with zero attached hydrogens (tertiary/aromatic N) is 1. The molecule has 0 bridgehead atoms. The lowest BCUT2D eigenvalue weighted by Crippen LogP contribution is -2.38. The Labute approximate surface area is 75.4 Å². The fourth-order valence-electron chi connectivity index (χ4n) is 1.90. The van der Waals surface area contributed by atoms with Crippen molar-refractivity contribution in [3.05, 3.63) is 12.7 Å². The quantitative estimate of drug-likeness (QED) is 0.645. The Morgan fingerprint density at radius 3 is 2.50 bits per heavy atom. The third kappa shape index (κ3) is 2.61. The highest BCUT2D eigenvalue weighted by Gasteiger charge is 2.20. The maximum Gasteiger partial charge on any atom is 0.0160 e. The van der Waals surface area contributed by atoms with Crippen LogP contribution in [0.3, 0.4) is 0 Å². The van der Waals surface area contributed by atoms with Gasteiger partial charge in [-0.05, 0) is 32.7 Å². The van der Waals surface area contributed by atoms with Crippen molar-refractivity contribution in [3.63, 3.8) is 0 Å². The van der Waals surface area contributed by atoms with Crippen molar-refractivity contribution >= 4 is 0 Å². The minimum absolute atomic E-state index is 0.457. The van der Waals surface area contributed by atoms with Crippen LogP contribution >= 0.6 is 0 Å². The largest absolute Gasteiger partial charge is 0.328 e. The van der Waals surface area contributed by atoms with E-state index in [1.54, 1.807) is 0 Å². The van der Waals surface area contributed by atoms with Crippen molar-refractivity contribution in [2.45, 2.75) is 37.8 Å². The van der Waals surface area contributed by atoms with Gasteiger partial charge in [-0.15, -0.1) is 6.58 Å². The molecule has 1 aliphatic rings. The Bertz CT molecular complexity index is 137. The summed E-state index contributed by atoms with van der Waals surface area (Å²) in [5, 5.41) is 0. The summed E-state index contributed by atoms with van der Waals surface area (Å²) in [4.78, 5) is 2.37. The molecule has 70 valence electrons. The van der Waals surface area contributed by atoms with Crippen molar-refractivity contribution < 1.29 is 0 Å². The van der Waals surface area contributed by atoms with Crippen molar-refractivity contribution in [1.82, 2.24) is 4.90 Å². The number of rotatable bonds is 3. The molecule has 0 unspecified atom stereocenters. The van der Waals surface area contributed by atoms with Gasteiger partial charge in [-0.2, -0.15) is 0 Å². The molecule has 12 heavy (non-hydrogen) atoms. The molecule has 1 rings (SSSR count). The molecule has 2 N–H and O–H groups in total. The minimum Gasteiger partial charge on any atom is -0.328 e. The van der Waals surface area contributed by atoms with Crippen LogP contribution in [0.15, 0.2) is 12.7 Å². The van der Waals surface area contributed by atoms with Gasteiger partial charge in [0.2, 0.25) is 0 Å². The predicted molar refractivity (Wildman–Crippen MR) is 53.1 cm³/mol. The Morgan fingerprint density at radius 1 is 1.42 bits per heavy atom. The van der Waals surface area contributed by atoms with E-state index in [0.717, 1.165) is 12.6 Å². The van der Waals surface area contributed by atoms with Gasteiger partial charge in [0.15, 0.2) is 0 Å². The summed E-state index contributed by atoms with van der Waals surface area (Å²) < 4.78 is 0. The third-order valence-electron chi connectivity index (χ3n) is 2.78. The lowest BCUT2D eigenvalue weighted by molar-refractivity contribution is 0.199. The van der Waals surface area contributed by atoms with Crippen molar-refractivity contribution in [2.24, 2.45) is 5.73 Å². The highest BCUT2D eigenvalue weighted by molar-refractivity contribution is 4.82. The van der Waals surface area contributed by atoms with E-state index in [9.17, 15) is 0 Å². The lowest BCUT2D eigenvalue weighted by Gasteiger charge is -2.32. The van der Waals surface area contributed by atoms with E-state index in [1.165, 1.54) is 25.7 Å². The second-order valence-corrected chi connectivity index (χ2v) is 3.80. The van der Waals surface area contributed by atoms with E-state index < -0.39 is 0 Å². The van der Waals surface area contributed by atoms with Crippen molar-refractivity contribution in [1.29, 1.82) is 0 Å². The van der Waals surface area contributed by atoms with Crippen LogP contribution in [0.2, 0.25) is 0 Å². The van der Waals surface area contributed by atoms with Gasteiger partial charge in [-0.3, -0.25) is 4.90 Å². The van der Waals surface area contributed by atoms with Crippen LogP contribution in [0.4, 0.5) is 0 Å². The molecule has 0 atom stereocenters. The van der Waals surface area contributed by atoms with Gasteiger partial charge in [0.25, 0.3) is 0 Å². The molecule has 0 radical (unpaired) electrons. The number of hydrogen-bond acceptors (Lipinski definition) is 2. The van der Waals surface area contributed by atoms with Gasteiger partial charge in [-0.1, -0.05) is 6.08 Å². The van der Waals surface area contributed by atoms with Gasteiger partial charge in [-0.25, -0.2) is 0 Å². The zero-order chi connectivity index (χ0) is 8.97. The summed E-state index contributed by atoms with van der Waals surface area (Å²) in [6.45, 7) is 4.74. The van der Waals surface area contributed by atoms with Crippen LogP contribution < -0.4 is 5.73 Å². The first-order chi connectivity index (χ1) is 5.74. The summed E-state index contributed by atoms with van der Waals surface area (Å²) in [6, 6.07) is 1.20. The van der Waals surface area contributed by atoms with Crippen LogP contribution in [0.1, 0.15) is 25.7 Å². The Hall–Kier alpha value is -0.340. The molecule has 0 aromatic carbocycles. The normalized spacial score (nSPS) is 30.6. The summed E-state index contributed by atoms with van der Waals surface area (Å²) in [5.41, 5.74) is 5.83. The number of hydrogen-bond donors (Lipinski definition) is 1. The van der Waals surface area contributed by atoms with E-state index in [4.69, 9.17) is 5.73 Å². The smallest absolute Gasteiger partial charge is 0.0160 e. The fourth-order valence-corrected chi connectivity index (χ4v) is 1.90. The van der Waals surface area contributed by atoms with Gasteiger partial charge >= 0.3 is 0 Å². The van der Waals surface area contributed by atoms with Crippen LogP contribution in [0, 0.1) is 0 Å². The van der Waals surface area contributed by atoms with E-state index in [1.807, 2.05) is 6.08 Å². The average molecular weight is 168 g/mol. The average Bonchev–Trinajstić information content (AvgIpc) is 2.06. The molecule has 2 heteroatoms. The highest BCUT2D eigenvalue weighted by atomic mass is 15.1. The molecule has 0 spiro atoms. The Balaban J connectivity index is 2.28. The zero-order valence-electron chi connectivity index (χ0n) is 8.00. The van der Waals surface area contributed by atoms with Crippen molar-refractivity contribution in [3.8, 4) is 0 Å². The second-order valence-electron chi connectivity index (χ2n) is 3.80. The van der Waals surface area contributed by atoms with Crippen LogP contribution in [-0.4, -0.2) is 30.6 Å². The van der Waals surface area contributed by atoms with Gasteiger partial charge in [0, 0.05) is 18.6 Å². The minimum atomic E-state index is 0.457. The fraction of sp³-hybridized carbons (Fsp3) is 0.800. The van der Waals surface area contributed by atoms with Gasteiger partial charge in [0.05, 0.1) is 0 Å². The summed E-state index contributed by atoms with van der Waals surface area (Å²) in [7, 11) is 2.17. The van der Waals surface area contributed by atoms with E-state index >= 15 is 0 Å². The first-order valence-corrected chi connectivity index (χ1v) is 4.80. The molecular weight excluding hydrogens is 148 g/mol. The van der Waals surface area contributed by atoms with E-state index in [0.29, 0.717) is 6.04 Å². The SMILES string of the molecule is C=CCN(C)C1CCC(N)CC1. The van der Waals surface area contributed by atoms with E-state index in [-0.39, 0.29) is 0 Å². The van der Waals surface area contributed by atoms with Gasteiger partial charge in [0.1, 0.15) is 0 Å². The molecule has 0 amide bonds. The van der Waals surface area contributed by atoms with Crippen molar-refractivity contribution in [2.75, 3.05) is 13.6 Å². The van der Waals surface area contributed by atoms with Crippen LogP contribution in [0.5, 0.6) is 0 Å². The molecule has 0 saturated heterocycles. The number of likely N-dealkylation sites (N-methyl/N-ethyl adjacent to an activating group) is 1. The van der Waals surface area contributed by atoms with Gasteiger partial charge < -0.3 is 5.73 Å². The molecule has 1 fully saturated rings. The first-order valence-electron chi connectivity index (χ1n) is 4.80. The molecular formula is C10H20N2. The topological polar surface area (TPSA) is 29.3 Å². The molecule has 1 aliphatic carbocycles. The maximum atomic E-state index is 5.83. The monoisotopic (exact) mass is 168 g/mol. The van der Waals surface area contributed by atoms with Crippen LogP contribution in [-0.2, 0) is 0 Å². The van der Waals surface area contributed by atoms with Crippen LogP contribution in [0.25, 0.3) is 0 Å². The Morgan fingerprint density at radius 2 is 2.00 bits per heavy atom. The lowest BCUT2D eigenvalue weighted by atomic mass is 9.91. The Kier molecular flexibility index (Phi) is 3.76. The maximum absolute atomic E-state index is 5.83. The summed E-state index contributed by atoms with van der Waals surface area (Å²) in [5.74, 6) is 0. The molecule has 0 aliphatic heterocycles. The first kappa shape index (κ1) is 9.75. The standard InChI is InChI=1S/C10H20N2/c1-3-8-12(2)10-6-4-9(11)5-7-10/h3,9-10H,1,4-8,11H2,2H3. The molecule has 2 nitrogen and oxygen atoms in total. The summed E-state index contributed by atoms with van der Waals surface area (Å²) >= 11 is 0. The molecule has 0 heterocycles. The highest BCUT2D eigenvalue weighted by Crippen LogP contribution is 2.20. The predicted octanol–water partition coefficient (Wildman–Crippen LogP) is 1.37. The number of nitrogens with two attached hydrogens (primary N) is 1. The molecule has 0 aromatic heterocycles. The van der Waals surface area contributed by atoms with E-state index in [2.05, 4.69) is 18.5 Å². The second kappa shape index (κ2) is 4.63. The molecule has 0 aromatic rings. The molecule has 1 saturated carbocycles. The summed E-state index contributed by atoms with van der Waals surface area (Å²) in [6.07, 6.45) is 6.85. The third-order valence-corrected chi connectivity index (χ3v) is 2.78.